The van der Waals surface area contributed by atoms with Gasteiger partial charge in [0.25, 0.3) is 5.91 Å². The van der Waals surface area contributed by atoms with Gasteiger partial charge in [-0.3, -0.25) is 4.79 Å². The van der Waals surface area contributed by atoms with Gasteiger partial charge >= 0.3 is 0 Å². The summed E-state index contributed by atoms with van der Waals surface area (Å²) >= 11 is 0. The summed E-state index contributed by atoms with van der Waals surface area (Å²) in [6.45, 7) is 3.70. The second kappa shape index (κ2) is 9.49. The molecule has 2 heterocycles. The lowest BCUT2D eigenvalue weighted by atomic mass is 10.2. The molecule has 0 aliphatic heterocycles. The molecule has 34 heavy (non-hydrogen) atoms. The predicted octanol–water partition coefficient (Wildman–Crippen LogP) is 4.50. The number of H-pyrrole nitrogens is 1. The fourth-order valence-corrected chi connectivity index (χ4v) is 4.57. The topological polar surface area (TPSA) is 149 Å². The largest absolute Gasteiger partial charge is 0.493 e. The second-order valence-electron chi connectivity index (χ2n) is 7.82. The molecule has 4 aromatic rings. The highest BCUT2D eigenvalue weighted by Crippen LogP contribution is 2.37. The Bertz CT molecular complexity index is 1460. The second-order valence-corrected chi connectivity index (χ2v) is 9.53. The van der Waals surface area contributed by atoms with E-state index >= 15 is 0 Å². The monoisotopic (exact) mass is 481 g/mol. The van der Waals surface area contributed by atoms with Crippen LogP contribution in [-0.2, 0) is 16.6 Å². The third-order valence-electron chi connectivity index (χ3n) is 4.80. The van der Waals surface area contributed by atoms with Gasteiger partial charge in [-0.1, -0.05) is 6.07 Å². The Kier molecular flexibility index (Phi) is 6.48. The van der Waals surface area contributed by atoms with Gasteiger partial charge in [0.1, 0.15) is 5.76 Å². The Hall–Kier alpha value is -3.96. The summed E-state index contributed by atoms with van der Waals surface area (Å²) in [7, 11) is -3.73. The zero-order valence-electron chi connectivity index (χ0n) is 18.4. The first-order valence-electron chi connectivity index (χ1n) is 10.4. The van der Waals surface area contributed by atoms with Crippen molar-refractivity contribution in [1.29, 1.82) is 0 Å². The molecule has 0 aliphatic rings. The summed E-state index contributed by atoms with van der Waals surface area (Å²) in [4.78, 5) is 15.2. The van der Waals surface area contributed by atoms with Crippen LogP contribution < -0.4 is 10.0 Å². The number of nitrogens with one attached hydrogen (secondary N) is 3. The standard InChI is InChI=1S/C23H23N5O5S/c1-14(2)28-34(31,32)18-8-9-20-19(12-18)21(23(30)25-20)27-26-16-6-3-5-15(11-16)22(29)24-13-17-7-4-10-33-17/h3-12,14,25,28,30H,13H2,1-2H3,(H,24,29). The fraction of sp³-hybridized carbons (Fsp3) is 0.174. The number of aromatic nitrogens is 1. The number of azo groups is 1. The maximum Gasteiger partial charge on any atom is 0.251 e. The van der Waals surface area contributed by atoms with E-state index < -0.39 is 10.0 Å². The lowest BCUT2D eigenvalue weighted by Gasteiger charge is -2.09. The van der Waals surface area contributed by atoms with Crippen molar-refractivity contribution in [2.45, 2.75) is 31.3 Å². The van der Waals surface area contributed by atoms with Crippen molar-refractivity contribution >= 4 is 38.2 Å². The van der Waals surface area contributed by atoms with Crippen LogP contribution >= 0.6 is 0 Å². The molecule has 4 rings (SSSR count). The molecule has 0 spiro atoms. The number of hydrogen-bond acceptors (Lipinski definition) is 7. The van der Waals surface area contributed by atoms with Crippen molar-refractivity contribution < 1.29 is 22.7 Å². The SMILES string of the molecule is CC(C)NS(=O)(=O)c1ccc2[nH]c(O)c(N=Nc3cccc(C(=O)NCc4ccco4)c3)c2c1. The first-order chi connectivity index (χ1) is 16.2. The molecule has 0 saturated carbocycles. The van der Waals surface area contributed by atoms with Crippen molar-refractivity contribution in [3.05, 3.63) is 72.2 Å². The number of fused-ring (bicyclic) bond motifs is 1. The smallest absolute Gasteiger partial charge is 0.251 e. The molecule has 0 bridgehead atoms. The van der Waals surface area contributed by atoms with Gasteiger partial charge in [-0.05, 0) is 62.4 Å². The molecule has 0 atom stereocenters. The third-order valence-corrected chi connectivity index (χ3v) is 6.46. The molecule has 0 saturated heterocycles. The molecule has 11 heteroatoms. The first-order valence-corrected chi connectivity index (χ1v) is 11.9. The van der Waals surface area contributed by atoms with Gasteiger partial charge in [0.15, 0.2) is 5.69 Å². The van der Waals surface area contributed by atoms with Crippen molar-refractivity contribution in [2.24, 2.45) is 10.2 Å². The van der Waals surface area contributed by atoms with Gasteiger partial charge in [-0.2, -0.15) is 5.11 Å². The average molecular weight is 482 g/mol. The lowest BCUT2D eigenvalue weighted by Crippen LogP contribution is -2.30. The van der Waals surface area contributed by atoms with Gasteiger partial charge in [0, 0.05) is 17.0 Å². The highest BCUT2D eigenvalue weighted by molar-refractivity contribution is 7.89. The summed E-state index contributed by atoms with van der Waals surface area (Å²) < 4.78 is 32.8. The molecule has 10 nitrogen and oxygen atoms in total. The summed E-state index contributed by atoms with van der Waals surface area (Å²) in [5.74, 6) is 0.0670. The zero-order chi connectivity index (χ0) is 24.3. The number of sulfonamides is 1. The predicted molar refractivity (Wildman–Crippen MR) is 126 cm³/mol. The summed E-state index contributed by atoms with van der Waals surface area (Å²) in [6, 6.07) is 14.1. The van der Waals surface area contributed by atoms with E-state index in [1.165, 1.54) is 18.4 Å². The van der Waals surface area contributed by atoms with Crippen LogP contribution in [0.15, 0.2) is 80.4 Å². The van der Waals surface area contributed by atoms with Crippen LogP contribution in [0.4, 0.5) is 11.4 Å². The Morgan fingerprint density at radius 3 is 2.68 bits per heavy atom. The number of amides is 1. The maximum absolute atomic E-state index is 12.5. The van der Waals surface area contributed by atoms with E-state index in [0.717, 1.165) is 0 Å². The van der Waals surface area contributed by atoms with Crippen molar-refractivity contribution in [3.63, 3.8) is 0 Å². The molecule has 0 unspecified atom stereocenters. The maximum atomic E-state index is 12.5. The van der Waals surface area contributed by atoms with Crippen molar-refractivity contribution in [1.82, 2.24) is 15.0 Å². The van der Waals surface area contributed by atoms with Crippen molar-refractivity contribution in [2.75, 3.05) is 0 Å². The van der Waals surface area contributed by atoms with E-state index in [1.807, 2.05) is 0 Å². The Balaban J connectivity index is 1.58. The summed E-state index contributed by atoms with van der Waals surface area (Å²) in [5.41, 5.74) is 1.34. The highest BCUT2D eigenvalue weighted by Gasteiger charge is 2.19. The van der Waals surface area contributed by atoms with Crippen LogP contribution in [0, 0.1) is 0 Å². The normalized spacial score (nSPS) is 12.1. The number of hydrogen-bond donors (Lipinski definition) is 4. The Morgan fingerprint density at radius 1 is 1.12 bits per heavy atom. The molecule has 2 aromatic carbocycles. The number of aromatic amines is 1. The molecule has 0 radical (unpaired) electrons. The molecule has 2 aromatic heterocycles. The minimum absolute atomic E-state index is 0.0411. The molecular formula is C23H23N5O5S. The number of furan rings is 1. The number of rotatable bonds is 8. The average Bonchev–Trinajstić information content (AvgIpc) is 3.42. The fourth-order valence-electron chi connectivity index (χ4n) is 3.29. The van der Waals surface area contributed by atoms with Gasteiger partial charge < -0.3 is 19.8 Å². The molecule has 176 valence electrons. The lowest BCUT2D eigenvalue weighted by molar-refractivity contribution is 0.0948. The number of aromatic hydroxyl groups is 1. The Morgan fingerprint density at radius 2 is 1.94 bits per heavy atom. The first kappa shape index (κ1) is 23.2. The van der Waals surface area contributed by atoms with Crippen LogP contribution in [0.3, 0.4) is 0 Å². The van der Waals surface area contributed by atoms with Crippen molar-refractivity contribution in [3.8, 4) is 5.88 Å². The van der Waals surface area contributed by atoms with Gasteiger partial charge in [-0.15, -0.1) is 5.11 Å². The van der Waals surface area contributed by atoms with Gasteiger partial charge in [-0.25, -0.2) is 13.1 Å². The number of benzene rings is 2. The third kappa shape index (κ3) is 5.16. The molecular weight excluding hydrogens is 458 g/mol. The van der Waals surface area contributed by atoms with Crippen LogP contribution in [0.5, 0.6) is 5.88 Å². The van der Waals surface area contributed by atoms with E-state index in [9.17, 15) is 18.3 Å². The van der Waals surface area contributed by atoms with Gasteiger partial charge in [0.05, 0.1) is 28.9 Å². The van der Waals surface area contributed by atoms with Crippen LogP contribution in [0.2, 0.25) is 0 Å². The summed E-state index contributed by atoms with van der Waals surface area (Å²) in [5, 5.41) is 21.7. The van der Waals surface area contributed by atoms with Gasteiger partial charge in [0.2, 0.25) is 15.9 Å². The Labute approximate surface area is 195 Å². The minimum atomic E-state index is -3.73. The highest BCUT2D eigenvalue weighted by atomic mass is 32.2. The van der Waals surface area contributed by atoms with Crippen LogP contribution in [0.1, 0.15) is 30.0 Å². The van der Waals surface area contributed by atoms with E-state index in [-0.39, 0.29) is 35.0 Å². The van der Waals surface area contributed by atoms with Crippen LogP contribution in [-0.4, -0.2) is 30.5 Å². The van der Waals surface area contributed by atoms with Crippen LogP contribution in [0.25, 0.3) is 10.9 Å². The van der Waals surface area contributed by atoms with E-state index in [1.54, 1.807) is 56.3 Å². The molecule has 0 fully saturated rings. The van der Waals surface area contributed by atoms with E-state index in [0.29, 0.717) is 27.9 Å². The number of carbonyl (C=O) groups excluding carboxylic acids is 1. The zero-order valence-corrected chi connectivity index (χ0v) is 19.3. The minimum Gasteiger partial charge on any atom is -0.493 e. The quantitative estimate of drug-likeness (QED) is 0.273. The number of carbonyl (C=O) groups is 1. The number of nitrogens with zero attached hydrogens (tertiary/aromatic N) is 2. The van der Waals surface area contributed by atoms with E-state index in [2.05, 4.69) is 25.3 Å². The molecule has 1 amide bonds. The molecule has 4 N–H and O–H groups in total. The summed E-state index contributed by atoms with van der Waals surface area (Å²) in [6.07, 6.45) is 1.53. The molecule has 0 aliphatic carbocycles. The van der Waals surface area contributed by atoms with E-state index in [4.69, 9.17) is 4.42 Å².